The SMILES string of the molecule is CCOC(=O)c1cc(C)n(CC(=O)OCc2ccc(C#N)cc2)c1C. The van der Waals surface area contributed by atoms with Gasteiger partial charge in [-0.15, -0.1) is 0 Å². The largest absolute Gasteiger partial charge is 0.462 e. The molecule has 0 saturated carbocycles. The fourth-order valence-corrected chi connectivity index (χ4v) is 2.47. The molecule has 2 rings (SSSR count). The summed E-state index contributed by atoms with van der Waals surface area (Å²) in [6.45, 7) is 5.80. The van der Waals surface area contributed by atoms with Crippen molar-refractivity contribution in [2.75, 3.05) is 6.61 Å². The Balaban J connectivity index is 2.00. The molecule has 1 aromatic heterocycles. The van der Waals surface area contributed by atoms with Crippen molar-refractivity contribution >= 4 is 11.9 Å². The zero-order valence-corrected chi connectivity index (χ0v) is 14.5. The maximum Gasteiger partial charge on any atom is 0.339 e. The molecule has 0 N–H and O–H groups in total. The fourth-order valence-electron chi connectivity index (χ4n) is 2.47. The second kappa shape index (κ2) is 8.15. The molecule has 0 bridgehead atoms. The van der Waals surface area contributed by atoms with E-state index in [1.54, 1.807) is 48.7 Å². The molecule has 0 fully saturated rings. The molecule has 1 aromatic carbocycles. The smallest absolute Gasteiger partial charge is 0.339 e. The highest BCUT2D eigenvalue weighted by Crippen LogP contribution is 2.16. The lowest BCUT2D eigenvalue weighted by molar-refractivity contribution is -0.145. The van der Waals surface area contributed by atoms with E-state index in [1.807, 2.05) is 13.0 Å². The van der Waals surface area contributed by atoms with Crippen molar-refractivity contribution in [3.05, 3.63) is 58.4 Å². The molecule has 0 aliphatic heterocycles. The van der Waals surface area contributed by atoms with Crippen LogP contribution in [0, 0.1) is 25.2 Å². The molecular formula is C19H20N2O4. The van der Waals surface area contributed by atoms with Gasteiger partial charge in [0.1, 0.15) is 13.2 Å². The van der Waals surface area contributed by atoms with E-state index in [9.17, 15) is 9.59 Å². The molecule has 130 valence electrons. The summed E-state index contributed by atoms with van der Waals surface area (Å²) in [5, 5.41) is 8.77. The molecule has 6 heteroatoms. The van der Waals surface area contributed by atoms with Gasteiger partial charge < -0.3 is 14.0 Å². The van der Waals surface area contributed by atoms with Crippen molar-refractivity contribution in [3.63, 3.8) is 0 Å². The van der Waals surface area contributed by atoms with Crippen molar-refractivity contribution in [1.82, 2.24) is 4.57 Å². The highest BCUT2D eigenvalue weighted by Gasteiger charge is 2.18. The number of hydrogen-bond acceptors (Lipinski definition) is 5. The number of hydrogen-bond donors (Lipinski definition) is 0. The van der Waals surface area contributed by atoms with E-state index in [4.69, 9.17) is 14.7 Å². The number of esters is 2. The zero-order valence-electron chi connectivity index (χ0n) is 14.5. The third-order valence-electron chi connectivity index (χ3n) is 3.84. The Morgan fingerprint density at radius 2 is 1.84 bits per heavy atom. The first-order valence-electron chi connectivity index (χ1n) is 7.94. The van der Waals surface area contributed by atoms with Gasteiger partial charge in [0.2, 0.25) is 0 Å². The molecule has 0 atom stereocenters. The molecule has 25 heavy (non-hydrogen) atoms. The summed E-state index contributed by atoms with van der Waals surface area (Å²) in [5.74, 6) is -0.797. The van der Waals surface area contributed by atoms with Crippen LogP contribution in [0.2, 0.25) is 0 Å². The van der Waals surface area contributed by atoms with Crippen molar-refractivity contribution < 1.29 is 19.1 Å². The Morgan fingerprint density at radius 3 is 2.44 bits per heavy atom. The normalized spacial score (nSPS) is 10.2. The summed E-state index contributed by atoms with van der Waals surface area (Å²) in [6, 6.07) is 10.6. The summed E-state index contributed by atoms with van der Waals surface area (Å²) >= 11 is 0. The van der Waals surface area contributed by atoms with E-state index in [-0.39, 0.29) is 13.2 Å². The topological polar surface area (TPSA) is 81.3 Å². The van der Waals surface area contributed by atoms with Crippen LogP contribution < -0.4 is 0 Å². The second-order valence-electron chi connectivity index (χ2n) is 5.56. The summed E-state index contributed by atoms with van der Waals surface area (Å²) in [7, 11) is 0. The lowest BCUT2D eigenvalue weighted by Gasteiger charge is -2.10. The van der Waals surface area contributed by atoms with E-state index in [1.165, 1.54) is 0 Å². The molecule has 0 aliphatic carbocycles. The van der Waals surface area contributed by atoms with Gasteiger partial charge in [-0.25, -0.2) is 4.79 Å². The lowest BCUT2D eigenvalue weighted by Crippen LogP contribution is -2.16. The fraction of sp³-hybridized carbons (Fsp3) is 0.316. The lowest BCUT2D eigenvalue weighted by atomic mass is 10.2. The molecule has 0 unspecified atom stereocenters. The summed E-state index contributed by atoms with van der Waals surface area (Å²) in [4.78, 5) is 24.0. The van der Waals surface area contributed by atoms with Gasteiger partial charge in [0.25, 0.3) is 0 Å². The van der Waals surface area contributed by atoms with Gasteiger partial charge >= 0.3 is 11.9 Å². The molecule has 1 heterocycles. The predicted octanol–water partition coefficient (Wildman–Crippen LogP) is 2.90. The standard InChI is InChI=1S/C19H20N2O4/c1-4-24-19(23)17-9-13(2)21(14(17)3)11-18(22)25-12-16-7-5-15(10-20)6-8-16/h5-9H,4,11-12H2,1-3H3. The molecule has 0 spiro atoms. The van der Waals surface area contributed by atoms with Crippen LogP contribution in [0.15, 0.2) is 30.3 Å². The van der Waals surface area contributed by atoms with E-state index in [0.717, 1.165) is 11.3 Å². The first-order valence-corrected chi connectivity index (χ1v) is 7.94. The molecule has 0 amide bonds. The second-order valence-corrected chi connectivity index (χ2v) is 5.56. The summed E-state index contributed by atoms with van der Waals surface area (Å²) in [5.41, 5.74) is 3.28. The van der Waals surface area contributed by atoms with Crippen LogP contribution in [0.4, 0.5) is 0 Å². The molecule has 6 nitrogen and oxygen atoms in total. The number of carbonyl (C=O) groups excluding carboxylic acids is 2. The van der Waals surface area contributed by atoms with Crippen molar-refractivity contribution in [3.8, 4) is 6.07 Å². The highest BCUT2D eigenvalue weighted by atomic mass is 16.5. The minimum absolute atomic E-state index is 0.0212. The zero-order chi connectivity index (χ0) is 18.4. The van der Waals surface area contributed by atoms with Crippen molar-refractivity contribution in [1.29, 1.82) is 5.26 Å². The Morgan fingerprint density at radius 1 is 1.16 bits per heavy atom. The summed E-state index contributed by atoms with van der Waals surface area (Å²) in [6.07, 6.45) is 0. The van der Waals surface area contributed by atoms with Gasteiger partial charge in [0, 0.05) is 11.4 Å². The molecule has 0 radical (unpaired) electrons. The number of ether oxygens (including phenoxy) is 2. The van der Waals surface area contributed by atoms with Gasteiger partial charge in [0.15, 0.2) is 0 Å². The van der Waals surface area contributed by atoms with Crippen LogP contribution >= 0.6 is 0 Å². The van der Waals surface area contributed by atoms with Crippen LogP contribution in [-0.4, -0.2) is 23.1 Å². The predicted molar refractivity (Wildman–Crippen MR) is 90.8 cm³/mol. The number of aryl methyl sites for hydroxylation is 1. The monoisotopic (exact) mass is 340 g/mol. The Kier molecular flexibility index (Phi) is 5.96. The van der Waals surface area contributed by atoms with E-state index in [2.05, 4.69) is 0 Å². The minimum atomic E-state index is -0.401. The van der Waals surface area contributed by atoms with E-state index < -0.39 is 11.9 Å². The van der Waals surface area contributed by atoms with Crippen LogP contribution in [-0.2, 0) is 27.4 Å². The highest BCUT2D eigenvalue weighted by molar-refractivity contribution is 5.91. The quantitative estimate of drug-likeness (QED) is 0.755. The van der Waals surface area contributed by atoms with Gasteiger partial charge in [-0.3, -0.25) is 4.79 Å². The average Bonchev–Trinajstić information content (AvgIpc) is 2.89. The average molecular weight is 340 g/mol. The van der Waals surface area contributed by atoms with Crippen molar-refractivity contribution in [2.45, 2.75) is 33.9 Å². The van der Waals surface area contributed by atoms with Crippen LogP contribution in [0.3, 0.4) is 0 Å². The Labute approximate surface area is 146 Å². The number of benzene rings is 1. The first-order chi connectivity index (χ1) is 12.0. The number of carbonyl (C=O) groups is 2. The van der Waals surface area contributed by atoms with Gasteiger partial charge in [0.05, 0.1) is 23.8 Å². The summed E-state index contributed by atoms with van der Waals surface area (Å²) < 4.78 is 12.0. The first kappa shape index (κ1) is 18.3. The number of rotatable bonds is 6. The molecule has 0 saturated heterocycles. The maximum absolute atomic E-state index is 12.1. The van der Waals surface area contributed by atoms with Crippen LogP contribution in [0.5, 0.6) is 0 Å². The van der Waals surface area contributed by atoms with Crippen LogP contribution in [0.1, 0.15) is 39.8 Å². The Hall–Kier alpha value is -3.07. The van der Waals surface area contributed by atoms with Crippen LogP contribution in [0.25, 0.3) is 0 Å². The van der Waals surface area contributed by atoms with Crippen molar-refractivity contribution in [2.24, 2.45) is 0 Å². The maximum atomic E-state index is 12.1. The number of aromatic nitrogens is 1. The molecular weight excluding hydrogens is 320 g/mol. The van der Waals surface area contributed by atoms with Gasteiger partial charge in [-0.2, -0.15) is 5.26 Å². The van der Waals surface area contributed by atoms with E-state index in [0.29, 0.717) is 23.4 Å². The third kappa shape index (κ3) is 4.48. The molecule has 2 aromatic rings. The molecule has 0 aliphatic rings. The number of nitriles is 1. The van der Waals surface area contributed by atoms with Gasteiger partial charge in [-0.1, -0.05) is 12.1 Å². The van der Waals surface area contributed by atoms with Gasteiger partial charge in [-0.05, 0) is 44.5 Å². The number of nitrogens with zero attached hydrogens (tertiary/aromatic N) is 2. The Bertz CT molecular complexity index is 813. The minimum Gasteiger partial charge on any atom is -0.462 e. The van der Waals surface area contributed by atoms with E-state index >= 15 is 0 Å². The third-order valence-corrected chi connectivity index (χ3v) is 3.84.